The molecule has 8 heteroatoms. The zero-order valence-corrected chi connectivity index (χ0v) is 15.1. The number of halogens is 1. The van der Waals surface area contributed by atoms with E-state index in [1.807, 2.05) is 49.7 Å². The summed E-state index contributed by atoms with van der Waals surface area (Å²) in [5.74, 6) is 0.408. The van der Waals surface area contributed by atoms with Crippen molar-refractivity contribution in [3.8, 4) is 0 Å². The SMILES string of the molecule is CN(C)CCN(C)[SH+](=O)c1cccc(Nc2nccc(Cl)n2)c1. The molecule has 2 rings (SSSR count). The summed E-state index contributed by atoms with van der Waals surface area (Å²) < 4.78 is 14.4. The highest BCUT2D eigenvalue weighted by Crippen LogP contribution is 2.19. The third kappa shape index (κ3) is 5.54. The quantitative estimate of drug-likeness (QED) is 0.470. The Morgan fingerprint density at radius 1 is 1.22 bits per heavy atom. The summed E-state index contributed by atoms with van der Waals surface area (Å²) in [6.45, 7) is 1.59. The van der Waals surface area contributed by atoms with Gasteiger partial charge in [-0.1, -0.05) is 21.9 Å². The van der Waals surface area contributed by atoms with Gasteiger partial charge in [-0.3, -0.25) is 0 Å². The highest BCUT2D eigenvalue weighted by Gasteiger charge is 2.17. The molecule has 0 spiro atoms. The normalized spacial score (nSPS) is 12.6. The Balaban J connectivity index is 2.08. The first-order chi connectivity index (χ1) is 11.0. The average Bonchev–Trinajstić information content (AvgIpc) is 2.52. The van der Waals surface area contributed by atoms with Crippen molar-refractivity contribution in [3.63, 3.8) is 0 Å². The van der Waals surface area contributed by atoms with Gasteiger partial charge in [-0.05, 0) is 32.3 Å². The van der Waals surface area contributed by atoms with E-state index in [-0.39, 0.29) is 0 Å². The van der Waals surface area contributed by atoms with Crippen molar-refractivity contribution in [1.29, 1.82) is 0 Å². The zero-order chi connectivity index (χ0) is 16.8. The fourth-order valence-electron chi connectivity index (χ4n) is 1.86. The van der Waals surface area contributed by atoms with Crippen molar-refractivity contribution >= 4 is 34.2 Å². The van der Waals surface area contributed by atoms with E-state index in [0.29, 0.717) is 11.1 Å². The molecule has 0 aliphatic rings. The maximum absolute atomic E-state index is 12.6. The van der Waals surface area contributed by atoms with Gasteiger partial charge in [0.05, 0.1) is 6.54 Å². The number of nitrogens with zero attached hydrogens (tertiary/aromatic N) is 4. The Bertz CT molecular complexity index is 682. The third-order valence-corrected chi connectivity index (χ3v) is 4.88. The molecular weight excluding hydrogens is 334 g/mol. The van der Waals surface area contributed by atoms with Crippen molar-refractivity contribution < 1.29 is 4.21 Å². The largest absolute Gasteiger partial charge is 0.324 e. The molecule has 2 aromatic rings. The van der Waals surface area contributed by atoms with E-state index in [9.17, 15) is 4.21 Å². The summed E-state index contributed by atoms with van der Waals surface area (Å²) in [5.41, 5.74) is 0.772. The van der Waals surface area contributed by atoms with Gasteiger partial charge in [0.2, 0.25) is 5.95 Å². The lowest BCUT2D eigenvalue weighted by atomic mass is 10.3. The Morgan fingerprint density at radius 3 is 2.70 bits per heavy atom. The van der Waals surface area contributed by atoms with Crippen LogP contribution in [0.3, 0.4) is 0 Å². The number of aromatic nitrogens is 2. The molecule has 0 bridgehead atoms. The average molecular weight is 355 g/mol. The minimum absolute atomic E-state index is 0.369. The monoisotopic (exact) mass is 354 g/mol. The first-order valence-electron chi connectivity index (χ1n) is 7.14. The minimum atomic E-state index is -1.61. The molecule has 1 unspecified atom stereocenters. The number of hydrogen-bond donors (Lipinski definition) is 1. The molecule has 0 amide bonds. The van der Waals surface area contributed by atoms with Crippen LogP contribution in [0.5, 0.6) is 0 Å². The standard InChI is InChI=1S/C15H20ClN5OS/c1-20(2)9-10-21(3)23(22)13-6-4-5-12(11-13)18-15-17-8-7-14(16)19-15/h4-8,11H,9-10H2,1-3H3,(H,17,18,19)/p+1. The van der Waals surface area contributed by atoms with Crippen LogP contribution >= 0.6 is 11.6 Å². The maximum atomic E-state index is 12.6. The molecule has 1 N–H and O–H groups in total. The molecule has 23 heavy (non-hydrogen) atoms. The van der Waals surface area contributed by atoms with Gasteiger partial charge in [-0.15, -0.1) is 4.31 Å². The molecular formula is C15H21ClN5OS+. The van der Waals surface area contributed by atoms with Crippen LogP contribution in [0.1, 0.15) is 0 Å². The molecule has 1 aromatic heterocycles. The van der Waals surface area contributed by atoms with Gasteiger partial charge >= 0.3 is 0 Å². The maximum Gasteiger partial charge on any atom is 0.228 e. The third-order valence-electron chi connectivity index (χ3n) is 3.13. The van der Waals surface area contributed by atoms with Crippen molar-refractivity contribution in [2.45, 2.75) is 4.90 Å². The van der Waals surface area contributed by atoms with Gasteiger partial charge in [0.15, 0.2) is 15.9 Å². The predicted octanol–water partition coefficient (Wildman–Crippen LogP) is 2.34. The van der Waals surface area contributed by atoms with Gasteiger partial charge in [0.25, 0.3) is 0 Å². The molecule has 0 aliphatic heterocycles. The molecule has 6 nitrogen and oxygen atoms in total. The van der Waals surface area contributed by atoms with E-state index in [1.165, 1.54) is 0 Å². The van der Waals surface area contributed by atoms with Gasteiger partial charge in [0, 0.05) is 31.5 Å². The van der Waals surface area contributed by atoms with E-state index < -0.39 is 11.0 Å². The van der Waals surface area contributed by atoms with Crippen LogP contribution in [-0.2, 0) is 15.2 Å². The molecule has 1 atom stereocenters. The molecule has 0 saturated heterocycles. The lowest BCUT2D eigenvalue weighted by Crippen LogP contribution is -2.29. The van der Waals surface area contributed by atoms with E-state index in [0.717, 1.165) is 23.7 Å². The second kappa shape index (κ2) is 8.35. The molecule has 1 aromatic carbocycles. The number of hydrogen-bond acceptors (Lipinski definition) is 5. The van der Waals surface area contributed by atoms with Crippen LogP contribution in [0, 0.1) is 0 Å². The molecule has 124 valence electrons. The number of rotatable bonds is 7. The topological polar surface area (TPSA) is 61.4 Å². The van der Waals surface area contributed by atoms with Crippen molar-refractivity contribution in [2.75, 3.05) is 39.5 Å². The lowest BCUT2D eigenvalue weighted by molar-refractivity contribution is 0.365. The van der Waals surface area contributed by atoms with Crippen LogP contribution in [0.25, 0.3) is 0 Å². The van der Waals surface area contributed by atoms with Crippen LogP contribution < -0.4 is 5.32 Å². The lowest BCUT2D eigenvalue weighted by Gasteiger charge is -2.14. The van der Waals surface area contributed by atoms with E-state index in [4.69, 9.17) is 11.6 Å². The van der Waals surface area contributed by atoms with Crippen molar-refractivity contribution in [3.05, 3.63) is 41.7 Å². The zero-order valence-electron chi connectivity index (χ0n) is 13.4. The summed E-state index contributed by atoms with van der Waals surface area (Å²) in [4.78, 5) is 11.0. The van der Waals surface area contributed by atoms with E-state index >= 15 is 0 Å². The first-order valence-corrected chi connectivity index (χ1v) is 8.73. The summed E-state index contributed by atoms with van der Waals surface area (Å²) in [7, 11) is 4.24. The Morgan fingerprint density at radius 2 is 2.00 bits per heavy atom. The minimum Gasteiger partial charge on any atom is -0.324 e. The van der Waals surface area contributed by atoms with Crippen LogP contribution in [0.4, 0.5) is 11.6 Å². The fraction of sp³-hybridized carbons (Fsp3) is 0.333. The first kappa shape index (κ1) is 17.8. The van der Waals surface area contributed by atoms with Gasteiger partial charge in [0.1, 0.15) is 5.15 Å². The number of benzene rings is 1. The van der Waals surface area contributed by atoms with Gasteiger partial charge in [-0.25, -0.2) is 9.97 Å². The summed E-state index contributed by atoms with van der Waals surface area (Å²) in [6.07, 6.45) is 1.58. The summed E-state index contributed by atoms with van der Waals surface area (Å²) >= 11 is 5.85. The van der Waals surface area contributed by atoms with Gasteiger partial charge in [-0.2, -0.15) is 0 Å². The molecule has 0 radical (unpaired) electrons. The Kier molecular flexibility index (Phi) is 6.47. The molecule has 1 heterocycles. The molecule has 0 saturated carbocycles. The second-order valence-corrected chi connectivity index (χ2v) is 7.47. The highest BCUT2D eigenvalue weighted by atomic mass is 35.5. The van der Waals surface area contributed by atoms with Crippen molar-refractivity contribution in [2.24, 2.45) is 0 Å². The summed E-state index contributed by atoms with van der Waals surface area (Å²) in [5, 5.41) is 3.44. The van der Waals surface area contributed by atoms with Crippen LogP contribution in [0.15, 0.2) is 41.4 Å². The van der Waals surface area contributed by atoms with Crippen LogP contribution in [0.2, 0.25) is 5.15 Å². The smallest absolute Gasteiger partial charge is 0.228 e. The van der Waals surface area contributed by atoms with E-state index in [1.54, 1.807) is 12.3 Å². The fourth-order valence-corrected chi connectivity index (χ4v) is 3.13. The molecule has 0 fully saturated rings. The summed E-state index contributed by atoms with van der Waals surface area (Å²) in [6, 6.07) is 9.04. The predicted molar refractivity (Wildman–Crippen MR) is 95.7 cm³/mol. The Hall–Kier alpha value is -1.54. The number of nitrogens with one attached hydrogen (secondary N) is 1. The Labute approximate surface area is 144 Å². The van der Waals surface area contributed by atoms with E-state index in [2.05, 4.69) is 20.2 Å². The molecule has 0 aliphatic carbocycles. The highest BCUT2D eigenvalue weighted by molar-refractivity contribution is 7.82. The van der Waals surface area contributed by atoms with Crippen LogP contribution in [-0.4, -0.2) is 53.4 Å². The van der Waals surface area contributed by atoms with Gasteiger partial charge < -0.3 is 10.2 Å². The number of likely N-dealkylation sites (N-methyl/N-ethyl adjacent to an activating group) is 2. The van der Waals surface area contributed by atoms with Crippen molar-refractivity contribution in [1.82, 2.24) is 19.2 Å². The second-order valence-electron chi connectivity index (χ2n) is 5.34. The number of anilines is 2. The number of thiol groups is 1.